The van der Waals surface area contributed by atoms with Gasteiger partial charge in [0.25, 0.3) is 0 Å². The van der Waals surface area contributed by atoms with Gasteiger partial charge in [0.05, 0.1) is 12.6 Å². The average Bonchev–Trinajstić information content (AvgIpc) is 2.54. The lowest BCUT2D eigenvalue weighted by Gasteiger charge is -2.36. The normalized spacial score (nSPS) is 25.0. The first-order chi connectivity index (χ1) is 8.63. The summed E-state index contributed by atoms with van der Waals surface area (Å²) in [7, 11) is 0. The Labute approximate surface area is 110 Å². The quantitative estimate of drug-likeness (QED) is 0.838. The van der Waals surface area contributed by atoms with Crippen LogP contribution >= 0.6 is 0 Å². The SMILES string of the molecule is Cc1ccc(C)c(N2C(C)CCNCC2CO)c1. The molecule has 1 aromatic rings. The molecular formula is C15H24N2O. The molecular weight excluding hydrogens is 224 g/mol. The van der Waals surface area contributed by atoms with Crippen LogP contribution in [0.15, 0.2) is 18.2 Å². The number of aryl methyl sites for hydroxylation is 2. The standard InChI is InChI=1S/C15H24N2O/c1-11-4-5-12(2)15(8-11)17-13(3)6-7-16-9-14(17)10-18/h4-5,8,13-14,16,18H,6-7,9-10H2,1-3H3. The highest BCUT2D eigenvalue weighted by Gasteiger charge is 2.26. The van der Waals surface area contributed by atoms with Gasteiger partial charge in [0.2, 0.25) is 0 Å². The van der Waals surface area contributed by atoms with Crippen molar-refractivity contribution in [2.75, 3.05) is 24.6 Å². The molecule has 1 aliphatic heterocycles. The zero-order valence-electron chi connectivity index (χ0n) is 11.6. The van der Waals surface area contributed by atoms with E-state index in [1.807, 2.05) is 0 Å². The van der Waals surface area contributed by atoms with Crippen LogP contribution in [-0.4, -0.2) is 36.9 Å². The van der Waals surface area contributed by atoms with Crippen LogP contribution in [0.5, 0.6) is 0 Å². The summed E-state index contributed by atoms with van der Waals surface area (Å²) in [6.45, 7) is 8.60. The third-order valence-electron chi connectivity index (χ3n) is 3.84. The van der Waals surface area contributed by atoms with Gasteiger partial charge in [0.1, 0.15) is 0 Å². The average molecular weight is 248 g/mol. The highest BCUT2D eigenvalue weighted by Crippen LogP contribution is 2.27. The summed E-state index contributed by atoms with van der Waals surface area (Å²) in [5, 5.41) is 13.1. The molecule has 0 bridgehead atoms. The Morgan fingerprint density at radius 2 is 2.17 bits per heavy atom. The van der Waals surface area contributed by atoms with E-state index in [4.69, 9.17) is 0 Å². The van der Waals surface area contributed by atoms with Gasteiger partial charge >= 0.3 is 0 Å². The molecule has 3 heteroatoms. The van der Waals surface area contributed by atoms with E-state index in [0.29, 0.717) is 6.04 Å². The fourth-order valence-electron chi connectivity index (χ4n) is 2.76. The number of nitrogens with one attached hydrogen (secondary N) is 1. The minimum atomic E-state index is 0.169. The van der Waals surface area contributed by atoms with Crippen LogP contribution in [0, 0.1) is 13.8 Å². The van der Waals surface area contributed by atoms with Gasteiger partial charge in [-0.1, -0.05) is 12.1 Å². The third-order valence-corrected chi connectivity index (χ3v) is 3.84. The molecule has 2 rings (SSSR count). The fraction of sp³-hybridized carbons (Fsp3) is 0.600. The van der Waals surface area contributed by atoms with Crippen molar-refractivity contribution in [1.82, 2.24) is 5.32 Å². The van der Waals surface area contributed by atoms with Gasteiger partial charge < -0.3 is 15.3 Å². The monoisotopic (exact) mass is 248 g/mol. The molecule has 2 unspecified atom stereocenters. The second kappa shape index (κ2) is 5.72. The van der Waals surface area contributed by atoms with Gasteiger partial charge in [0.15, 0.2) is 0 Å². The molecule has 1 fully saturated rings. The van der Waals surface area contributed by atoms with Gasteiger partial charge in [-0.25, -0.2) is 0 Å². The molecule has 18 heavy (non-hydrogen) atoms. The van der Waals surface area contributed by atoms with Crippen molar-refractivity contribution in [3.05, 3.63) is 29.3 Å². The van der Waals surface area contributed by atoms with Crippen LogP contribution in [0.4, 0.5) is 5.69 Å². The van der Waals surface area contributed by atoms with Crippen molar-refractivity contribution in [2.24, 2.45) is 0 Å². The second-order valence-electron chi connectivity index (χ2n) is 5.38. The number of benzene rings is 1. The molecule has 2 N–H and O–H groups in total. The van der Waals surface area contributed by atoms with Crippen molar-refractivity contribution in [3.63, 3.8) is 0 Å². The Hall–Kier alpha value is -1.06. The zero-order valence-corrected chi connectivity index (χ0v) is 11.6. The highest BCUT2D eigenvalue weighted by molar-refractivity contribution is 5.56. The fourth-order valence-corrected chi connectivity index (χ4v) is 2.76. The van der Waals surface area contributed by atoms with Crippen molar-refractivity contribution >= 4 is 5.69 Å². The minimum absolute atomic E-state index is 0.169. The van der Waals surface area contributed by atoms with Crippen molar-refractivity contribution < 1.29 is 5.11 Å². The van der Waals surface area contributed by atoms with Gasteiger partial charge in [-0.3, -0.25) is 0 Å². The molecule has 1 heterocycles. The molecule has 3 nitrogen and oxygen atoms in total. The molecule has 2 atom stereocenters. The van der Waals surface area contributed by atoms with Crippen LogP contribution in [0.25, 0.3) is 0 Å². The van der Waals surface area contributed by atoms with Crippen LogP contribution < -0.4 is 10.2 Å². The number of hydrogen-bond acceptors (Lipinski definition) is 3. The highest BCUT2D eigenvalue weighted by atomic mass is 16.3. The van der Waals surface area contributed by atoms with E-state index >= 15 is 0 Å². The predicted octanol–water partition coefficient (Wildman–Crippen LogP) is 1.85. The van der Waals surface area contributed by atoms with E-state index < -0.39 is 0 Å². The maximum atomic E-state index is 9.64. The molecule has 1 saturated heterocycles. The second-order valence-corrected chi connectivity index (χ2v) is 5.38. The number of aliphatic hydroxyl groups is 1. The van der Waals surface area contributed by atoms with E-state index in [1.165, 1.54) is 16.8 Å². The summed E-state index contributed by atoms with van der Waals surface area (Å²) in [6.07, 6.45) is 1.11. The van der Waals surface area contributed by atoms with Crippen LogP contribution in [0.3, 0.4) is 0 Å². The molecule has 0 amide bonds. The van der Waals surface area contributed by atoms with E-state index in [0.717, 1.165) is 19.5 Å². The first kappa shape index (κ1) is 13.4. The first-order valence-corrected chi connectivity index (χ1v) is 6.80. The van der Waals surface area contributed by atoms with Crippen LogP contribution in [-0.2, 0) is 0 Å². The number of hydrogen-bond donors (Lipinski definition) is 2. The molecule has 100 valence electrons. The third kappa shape index (κ3) is 2.68. The zero-order chi connectivity index (χ0) is 13.1. The Balaban J connectivity index is 2.39. The van der Waals surface area contributed by atoms with E-state index in [9.17, 15) is 5.11 Å². The lowest BCUT2D eigenvalue weighted by molar-refractivity contribution is 0.255. The number of nitrogens with zero attached hydrogens (tertiary/aromatic N) is 1. The Morgan fingerprint density at radius 1 is 1.39 bits per heavy atom. The summed E-state index contributed by atoms with van der Waals surface area (Å²) in [6, 6.07) is 7.18. The largest absolute Gasteiger partial charge is 0.394 e. The summed E-state index contributed by atoms with van der Waals surface area (Å²) < 4.78 is 0. The number of anilines is 1. The summed E-state index contributed by atoms with van der Waals surface area (Å²) >= 11 is 0. The maximum absolute atomic E-state index is 9.64. The number of aliphatic hydroxyl groups excluding tert-OH is 1. The first-order valence-electron chi connectivity index (χ1n) is 6.80. The molecule has 1 aliphatic rings. The Morgan fingerprint density at radius 3 is 2.89 bits per heavy atom. The smallest absolute Gasteiger partial charge is 0.0648 e. The van der Waals surface area contributed by atoms with Crippen LogP contribution in [0.1, 0.15) is 24.5 Å². The summed E-state index contributed by atoms with van der Waals surface area (Å²) in [5.74, 6) is 0. The van der Waals surface area contributed by atoms with E-state index in [2.05, 4.69) is 49.2 Å². The minimum Gasteiger partial charge on any atom is -0.394 e. The molecule has 0 aromatic heterocycles. The van der Waals surface area contributed by atoms with Gasteiger partial charge in [-0.05, 0) is 50.9 Å². The van der Waals surface area contributed by atoms with E-state index in [-0.39, 0.29) is 12.6 Å². The lowest BCUT2D eigenvalue weighted by atomic mass is 10.0. The van der Waals surface area contributed by atoms with Gasteiger partial charge in [0, 0.05) is 18.3 Å². The van der Waals surface area contributed by atoms with Crippen LogP contribution in [0.2, 0.25) is 0 Å². The molecule has 0 radical (unpaired) electrons. The van der Waals surface area contributed by atoms with Crippen molar-refractivity contribution in [3.8, 4) is 0 Å². The van der Waals surface area contributed by atoms with Crippen molar-refractivity contribution in [2.45, 2.75) is 39.3 Å². The van der Waals surface area contributed by atoms with Gasteiger partial charge in [-0.2, -0.15) is 0 Å². The van der Waals surface area contributed by atoms with Gasteiger partial charge in [-0.15, -0.1) is 0 Å². The molecule has 0 spiro atoms. The summed E-state index contributed by atoms with van der Waals surface area (Å²) in [5.41, 5.74) is 3.83. The molecule has 0 aliphatic carbocycles. The Bertz CT molecular complexity index is 405. The maximum Gasteiger partial charge on any atom is 0.0648 e. The molecule has 1 aromatic carbocycles. The number of rotatable bonds is 2. The topological polar surface area (TPSA) is 35.5 Å². The molecule has 0 saturated carbocycles. The van der Waals surface area contributed by atoms with E-state index in [1.54, 1.807) is 0 Å². The Kier molecular flexibility index (Phi) is 4.25. The lowest BCUT2D eigenvalue weighted by Crippen LogP contribution is -2.46. The predicted molar refractivity (Wildman–Crippen MR) is 76.2 cm³/mol. The van der Waals surface area contributed by atoms with Crippen molar-refractivity contribution in [1.29, 1.82) is 0 Å². The summed E-state index contributed by atoms with van der Waals surface area (Å²) in [4.78, 5) is 2.39.